The molecule has 1 fully saturated rings. The number of nitrogens with one attached hydrogen (secondary N) is 1. The Hall–Kier alpha value is -1.17. The van der Waals surface area contributed by atoms with Crippen LogP contribution in [0.2, 0.25) is 0 Å². The largest absolute Gasteiger partial charge is 0.391 e. The number of hydrogen-bond donors (Lipinski definition) is 2. The van der Waals surface area contributed by atoms with Crippen molar-refractivity contribution in [3.63, 3.8) is 0 Å². The molecule has 2 aromatic rings. The van der Waals surface area contributed by atoms with Gasteiger partial charge in [-0.05, 0) is 6.07 Å². The first-order chi connectivity index (χ1) is 8.34. The molecule has 88 valence electrons. The molecule has 1 saturated heterocycles. The summed E-state index contributed by atoms with van der Waals surface area (Å²) in [6.45, 7) is 1.49. The summed E-state index contributed by atoms with van der Waals surface area (Å²) in [5.41, 5.74) is 0.949. The van der Waals surface area contributed by atoms with Gasteiger partial charge in [-0.15, -0.1) is 0 Å². The SMILES string of the molecule is O[C@H]1CNC[C@@H]1Sc1ncnc2ccccc12. The van der Waals surface area contributed by atoms with Crippen LogP contribution in [-0.4, -0.2) is 39.5 Å². The number of rotatable bonds is 2. The van der Waals surface area contributed by atoms with Gasteiger partial charge in [0.2, 0.25) is 0 Å². The minimum atomic E-state index is -0.297. The quantitative estimate of drug-likeness (QED) is 0.777. The smallest absolute Gasteiger partial charge is 0.117 e. The molecule has 0 aliphatic carbocycles. The van der Waals surface area contributed by atoms with Crippen LogP contribution in [0.1, 0.15) is 0 Å². The summed E-state index contributed by atoms with van der Waals surface area (Å²) in [6, 6.07) is 7.95. The normalized spacial score (nSPS) is 24.3. The number of aliphatic hydroxyl groups excluding tert-OH is 1. The van der Waals surface area contributed by atoms with Crippen LogP contribution < -0.4 is 5.32 Å². The van der Waals surface area contributed by atoms with Crippen LogP contribution >= 0.6 is 11.8 Å². The average Bonchev–Trinajstić information content (AvgIpc) is 2.76. The maximum atomic E-state index is 9.80. The molecule has 1 aromatic heterocycles. The minimum Gasteiger partial charge on any atom is -0.391 e. The summed E-state index contributed by atoms with van der Waals surface area (Å²) >= 11 is 1.63. The molecule has 4 nitrogen and oxygen atoms in total. The molecule has 0 amide bonds. The Kier molecular flexibility index (Phi) is 2.96. The Morgan fingerprint density at radius 3 is 2.94 bits per heavy atom. The molecular weight excluding hydrogens is 234 g/mol. The fraction of sp³-hybridized carbons (Fsp3) is 0.333. The molecule has 1 aliphatic rings. The van der Waals surface area contributed by atoms with Gasteiger partial charge >= 0.3 is 0 Å². The molecule has 2 N–H and O–H groups in total. The highest BCUT2D eigenvalue weighted by atomic mass is 32.2. The van der Waals surface area contributed by atoms with Crippen LogP contribution in [0.25, 0.3) is 10.9 Å². The number of fused-ring (bicyclic) bond motifs is 1. The number of aromatic nitrogens is 2. The second-order valence-corrected chi connectivity index (χ2v) is 5.31. The minimum absolute atomic E-state index is 0.174. The molecule has 1 aromatic carbocycles. The van der Waals surface area contributed by atoms with Crippen LogP contribution in [0.15, 0.2) is 35.6 Å². The molecule has 3 rings (SSSR count). The van der Waals surface area contributed by atoms with E-state index < -0.39 is 0 Å². The van der Waals surface area contributed by atoms with Crippen molar-refractivity contribution in [3.8, 4) is 0 Å². The van der Waals surface area contributed by atoms with Crippen molar-refractivity contribution in [3.05, 3.63) is 30.6 Å². The molecule has 2 atom stereocenters. The Balaban J connectivity index is 1.94. The van der Waals surface area contributed by atoms with Crippen LogP contribution in [0, 0.1) is 0 Å². The molecule has 0 bridgehead atoms. The Labute approximate surface area is 103 Å². The van der Waals surface area contributed by atoms with Gasteiger partial charge in [0, 0.05) is 18.5 Å². The highest BCUT2D eigenvalue weighted by Gasteiger charge is 2.26. The van der Waals surface area contributed by atoms with E-state index in [-0.39, 0.29) is 11.4 Å². The second kappa shape index (κ2) is 4.60. The van der Waals surface area contributed by atoms with E-state index >= 15 is 0 Å². The monoisotopic (exact) mass is 247 g/mol. The first-order valence-electron chi connectivity index (χ1n) is 5.60. The third-order valence-corrected chi connectivity index (χ3v) is 4.23. The average molecular weight is 247 g/mol. The van der Waals surface area contributed by atoms with Crippen LogP contribution in [-0.2, 0) is 0 Å². The molecule has 1 aliphatic heterocycles. The van der Waals surface area contributed by atoms with Crippen LogP contribution in [0.5, 0.6) is 0 Å². The topological polar surface area (TPSA) is 58.0 Å². The van der Waals surface area contributed by atoms with Gasteiger partial charge in [-0.25, -0.2) is 9.97 Å². The first kappa shape index (κ1) is 11.0. The first-order valence-corrected chi connectivity index (χ1v) is 6.48. The van der Waals surface area contributed by atoms with Gasteiger partial charge in [0.25, 0.3) is 0 Å². The van der Waals surface area contributed by atoms with Crippen LogP contribution in [0.3, 0.4) is 0 Å². The molecular formula is C12H13N3OS. The zero-order valence-electron chi connectivity index (χ0n) is 9.21. The van der Waals surface area contributed by atoms with E-state index in [0.29, 0.717) is 6.54 Å². The maximum Gasteiger partial charge on any atom is 0.117 e. The highest BCUT2D eigenvalue weighted by molar-refractivity contribution is 8.00. The van der Waals surface area contributed by atoms with Crippen molar-refractivity contribution in [1.29, 1.82) is 0 Å². The van der Waals surface area contributed by atoms with Gasteiger partial charge in [-0.3, -0.25) is 0 Å². The fourth-order valence-electron chi connectivity index (χ4n) is 1.98. The van der Waals surface area contributed by atoms with Gasteiger partial charge in [-0.1, -0.05) is 30.0 Å². The summed E-state index contributed by atoms with van der Waals surface area (Å²) in [5.74, 6) is 0. The maximum absolute atomic E-state index is 9.80. The number of benzene rings is 1. The zero-order valence-corrected chi connectivity index (χ0v) is 10.0. The van der Waals surface area contributed by atoms with Crippen molar-refractivity contribution in [2.75, 3.05) is 13.1 Å². The Bertz CT molecular complexity index is 529. The van der Waals surface area contributed by atoms with Gasteiger partial charge in [0.05, 0.1) is 16.9 Å². The Morgan fingerprint density at radius 1 is 1.24 bits per heavy atom. The summed E-state index contributed by atoms with van der Waals surface area (Å²) < 4.78 is 0. The predicted molar refractivity (Wildman–Crippen MR) is 68.1 cm³/mol. The van der Waals surface area contributed by atoms with E-state index in [1.165, 1.54) is 0 Å². The lowest BCUT2D eigenvalue weighted by Gasteiger charge is -2.12. The van der Waals surface area contributed by atoms with E-state index in [9.17, 15) is 5.11 Å². The van der Waals surface area contributed by atoms with E-state index in [1.807, 2.05) is 24.3 Å². The fourth-order valence-corrected chi connectivity index (χ4v) is 3.13. The summed E-state index contributed by atoms with van der Waals surface area (Å²) in [7, 11) is 0. The lowest BCUT2D eigenvalue weighted by molar-refractivity contribution is 0.201. The summed E-state index contributed by atoms with van der Waals surface area (Å²) in [4.78, 5) is 8.55. The molecule has 0 spiro atoms. The molecule has 2 heterocycles. The number of β-amino-alcohol motifs (C(OH)–C–C–N with tert-alkyl or cyclic N) is 1. The van der Waals surface area contributed by atoms with Crippen molar-refractivity contribution < 1.29 is 5.11 Å². The number of aliphatic hydroxyl groups is 1. The molecule has 17 heavy (non-hydrogen) atoms. The number of para-hydroxylation sites is 1. The highest BCUT2D eigenvalue weighted by Crippen LogP contribution is 2.30. The van der Waals surface area contributed by atoms with E-state index in [1.54, 1.807) is 18.1 Å². The molecule has 5 heteroatoms. The number of thioether (sulfide) groups is 1. The van der Waals surface area contributed by atoms with Gasteiger partial charge in [0.1, 0.15) is 11.4 Å². The van der Waals surface area contributed by atoms with Gasteiger partial charge in [0.15, 0.2) is 0 Å². The Morgan fingerprint density at radius 2 is 2.12 bits per heavy atom. The van der Waals surface area contributed by atoms with E-state index in [2.05, 4.69) is 15.3 Å². The zero-order chi connectivity index (χ0) is 11.7. The lowest BCUT2D eigenvalue weighted by Crippen LogP contribution is -2.20. The summed E-state index contributed by atoms with van der Waals surface area (Å²) in [6.07, 6.45) is 1.29. The van der Waals surface area contributed by atoms with Crippen molar-refractivity contribution in [1.82, 2.24) is 15.3 Å². The van der Waals surface area contributed by atoms with Crippen LogP contribution in [0.4, 0.5) is 0 Å². The molecule has 0 saturated carbocycles. The standard InChI is InChI=1S/C12H13N3OS/c16-10-5-13-6-11(10)17-12-8-3-1-2-4-9(8)14-7-15-12/h1-4,7,10-11,13,16H,5-6H2/t10-,11-/m0/s1. The lowest BCUT2D eigenvalue weighted by atomic mass is 10.2. The third-order valence-electron chi connectivity index (χ3n) is 2.90. The van der Waals surface area contributed by atoms with E-state index in [4.69, 9.17) is 0 Å². The van der Waals surface area contributed by atoms with Crippen molar-refractivity contribution in [2.24, 2.45) is 0 Å². The number of hydrogen-bond acceptors (Lipinski definition) is 5. The van der Waals surface area contributed by atoms with Crippen molar-refractivity contribution in [2.45, 2.75) is 16.4 Å². The number of nitrogens with zero attached hydrogens (tertiary/aromatic N) is 2. The summed E-state index contributed by atoms with van der Waals surface area (Å²) in [5, 5.41) is 15.1. The second-order valence-electron chi connectivity index (χ2n) is 4.08. The van der Waals surface area contributed by atoms with E-state index in [0.717, 1.165) is 22.5 Å². The van der Waals surface area contributed by atoms with Gasteiger partial charge in [-0.2, -0.15) is 0 Å². The van der Waals surface area contributed by atoms with Crippen molar-refractivity contribution >= 4 is 22.7 Å². The predicted octanol–water partition coefficient (Wildman–Crippen LogP) is 1.05. The molecule has 0 radical (unpaired) electrons. The third kappa shape index (κ3) is 2.13. The molecule has 0 unspecified atom stereocenters. The van der Waals surface area contributed by atoms with Gasteiger partial charge < -0.3 is 10.4 Å².